The van der Waals surface area contributed by atoms with Crippen LogP contribution < -0.4 is 0 Å². The van der Waals surface area contributed by atoms with Gasteiger partial charge in [-0.25, -0.2) is 0 Å². The van der Waals surface area contributed by atoms with Gasteiger partial charge in [-0.1, -0.05) is 38.8 Å². The normalized spacial score (nSPS) is 48.3. The van der Waals surface area contributed by atoms with E-state index in [4.69, 9.17) is 4.74 Å². The first-order chi connectivity index (χ1) is 25.7. The lowest BCUT2D eigenvalue weighted by atomic mass is 9.45. The number of hydrogen-bond donors (Lipinski definition) is 5. The van der Waals surface area contributed by atoms with E-state index < -0.39 is 65.0 Å². The van der Waals surface area contributed by atoms with Crippen LogP contribution >= 0.6 is 0 Å². The number of allylic oxidation sites excluding steroid dienone is 2. The van der Waals surface area contributed by atoms with Gasteiger partial charge in [0, 0.05) is 30.6 Å². The SMILES string of the molecule is CC(=O)OCC(=O)[C@@]1(O)CCC2C3CCC4=CC(=O)CC[C@]4(C)C3[C@@H](O)C[C@@]21C.C[C@]12CCC(=O)C=C1CC[C@@H]1[C@@H]2[C@@H](O)C[C@@]2(C)[C@H]1CC[C@]2(O)C(=O)CO. The van der Waals surface area contributed by atoms with Crippen LogP contribution in [0.2, 0.25) is 0 Å². The van der Waals surface area contributed by atoms with Crippen molar-refractivity contribution >= 4 is 29.1 Å². The number of esters is 1. The van der Waals surface area contributed by atoms with Gasteiger partial charge in [0.1, 0.15) is 17.8 Å². The monoisotopic (exact) mass is 766 g/mol. The van der Waals surface area contributed by atoms with Crippen LogP contribution in [0.1, 0.15) is 125 Å². The smallest absolute Gasteiger partial charge is 0.303 e. The van der Waals surface area contributed by atoms with Gasteiger partial charge in [0.25, 0.3) is 0 Å². The Morgan fingerprint density at radius 2 is 1.09 bits per heavy atom. The summed E-state index contributed by atoms with van der Waals surface area (Å²) < 4.78 is 4.89. The van der Waals surface area contributed by atoms with Crippen molar-refractivity contribution in [3.05, 3.63) is 23.3 Å². The van der Waals surface area contributed by atoms with Crippen LogP contribution in [0.5, 0.6) is 0 Å². The number of ketones is 4. The largest absolute Gasteiger partial charge is 0.458 e. The summed E-state index contributed by atoms with van der Waals surface area (Å²) in [5.41, 5.74) is -2.59. The minimum absolute atomic E-state index is 0.0413. The van der Waals surface area contributed by atoms with Crippen LogP contribution in [0.25, 0.3) is 0 Å². The van der Waals surface area contributed by atoms with E-state index in [2.05, 4.69) is 13.8 Å². The van der Waals surface area contributed by atoms with E-state index in [0.717, 1.165) is 56.9 Å². The van der Waals surface area contributed by atoms with Gasteiger partial charge >= 0.3 is 5.97 Å². The summed E-state index contributed by atoms with van der Waals surface area (Å²) in [6.45, 7) is 8.38. The average molecular weight is 767 g/mol. The molecular formula is C44H62O11. The van der Waals surface area contributed by atoms with E-state index in [9.17, 15) is 49.5 Å². The second-order valence-electron chi connectivity index (χ2n) is 19.7. The van der Waals surface area contributed by atoms with Gasteiger partial charge in [0.05, 0.1) is 12.2 Å². The van der Waals surface area contributed by atoms with Gasteiger partial charge in [-0.3, -0.25) is 24.0 Å². The first kappa shape index (κ1) is 40.6. The van der Waals surface area contributed by atoms with Crippen molar-refractivity contribution in [1.82, 2.24) is 0 Å². The van der Waals surface area contributed by atoms with Gasteiger partial charge in [0.2, 0.25) is 5.78 Å². The number of hydrogen-bond acceptors (Lipinski definition) is 11. The number of ether oxygens (including phenoxy) is 1. The first-order valence-corrected chi connectivity index (χ1v) is 20.8. The van der Waals surface area contributed by atoms with Crippen molar-refractivity contribution in [2.75, 3.05) is 13.2 Å². The molecule has 55 heavy (non-hydrogen) atoms. The van der Waals surface area contributed by atoms with Crippen LogP contribution in [-0.2, 0) is 28.7 Å². The van der Waals surface area contributed by atoms with E-state index in [1.807, 2.05) is 13.8 Å². The first-order valence-electron chi connectivity index (χ1n) is 20.8. The Labute approximate surface area is 324 Å². The predicted molar refractivity (Wildman–Crippen MR) is 200 cm³/mol. The van der Waals surface area contributed by atoms with Crippen molar-refractivity contribution in [3.63, 3.8) is 0 Å². The Morgan fingerprint density at radius 1 is 0.673 bits per heavy atom. The predicted octanol–water partition coefficient (Wildman–Crippen LogP) is 4.13. The van der Waals surface area contributed by atoms with Gasteiger partial charge in [-0.2, -0.15) is 0 Å². The zero-order valence-corrected chi connectivity index (χ0v) is 33.3. The maximum atomic E-state index is 12.9. The molecule has 0 radical (unpaired) electrons. The molecule has 11 heteroatoms. The molecule has 0 heterocycles. The molecule has 0 aromatic rings. The molecule has 8 rings (SSSR count). The highest BCUT2D eigenvalue weighted by Crippen LogP contribution is 2.69. The molecule has 6 saturated carbocycles. The molecule has 5 N–H and O–H groups in total. The molecule has 14 atom stereocenters. The molecule has 304 valence electrons. The number of carbonyl (C=O) groups excluding carboxylic acids is 5. The Hall–Kier alpha value is -2.57. The standard InChI is InChI=1S/C23H32O6.C21H30O5/c1-13(24)29-12-19(27)23(28)9-7-17-16-5-4-14-10-15(25)6-8-21(14,2)20(16)18(26)11-22(17,23)3;1-19-7-5-13(23)9-12(19)3-4-14-15-6-8-21(26,17(25)11-22)20(15,2)10-16(24)18(14)19/h10,16-18,20,26,28H,4-9,11-12H2,1-3H3;9,14-16,18,22,24,26H,3-8,10-11H2,1-2H3/t16?,17?,18-,20?,21-,22-,23-;14-,15-,16-,18+,19-,20-,21-/m00/s1. The molecule has 3 unspecified atom stereocenters. The van der Waals surface area contributed by atoms with Gasteiger partial charge in [-0.15, -0.1) is 0 Å². The highest BCUT2D eigenvalue weighted by atomic mass is 16.5. The molecule has 8 aliphatic carbocycles. The summed E-state index contributed by atoms with van der Waals surface area (Å²) in [5.74, 6) is -0.322. The minimum Gasteiger partial charge on any atom is -0.458 e. The maximum absolute atomic E-state index is 12.9. The van der Waals surface area contributed by atoms with Gasteiger partial charge in [-0.05, 0) is 136 Å². The molecular weight excluding hydrogens is 704 g/mol. The summed E-state index contributed by atoms with van der Waals surface area (Å²) >= 11 is 0. The molecule has 0 amide bonds. The third-order valence-electron chi connectivity index (χ3n) is 17.6. The highest BCUT2D eigenvalue weighted by Gasteiger charge is 2.70. The van der Waals surface area contributed by atoms with Crippen LogP contribution in [0, 0.1) is 57.2 Å². The summed E-state index contributed by atoms with van der Waals surface area (Å²) in [7, 11) is 0. The molecule has 11 nitrogen and oxygen atoms in total. The van der Waals surface area contributed by atoms with Crippen LogP contribution in [0.4, 0.5) is 0 Å². The lowest BCUT2D eigenvalue weighted by molar-refractivity contribution is -0.184. The molecule has 0 aromatic carbocycles. The summed E-state index contributed by atoms with van der Waals surface area (Å²) in [5, 5.41) is 54.5. The van der Waals surface area contributed by atoms with E-state index >= 15 is 0 Å². The molecule has 0 saturated heterocycles. The highest BCUT2D eigenvalue weighted by molar-refractivity contribution is 5.93. The second-order valence-corrected chi connectivity index (χ2v) is 19.7. The molecule has 8 aliphatic rings. The molecule has 0 bridgehead atoms. The van der Waals surface area contributed by atoms with E-state index in [1.54, 1.807) is 12.2 Å². The zero-order chi connectivity index (χ0) is 40.1. The number of aliphatic hydroxyl groups is 5. The Bertz CT molecular complexity index is 1720. The summed E-state index contributed by atoms with van der Waals surface area (Å²) in [6, 6.07) is 0. The Balaban J connectivity index is 0.000000170. The lowest BCUT2D eigenvalue weighted by Crippen LogP contribution is -2.62. The van der Waals surface area contributed by atoms with Crippen molar-refractivity contribution in [2.45, 2.75) is 148 Å². The van der Waals surface area contributed by atoms with Crippen molar-refractivity contribution in [3.8, 4) is 0 Å². The fourth-order valence-electron chi connectivity index (χ4n) is 14.7. The third-order valence-corrected chi connectivity index (χ3v) is 17.6. The second kappa shape index (κ2) is 13.8. The molecule has 0 aromatic heterocycles. The number of carbonyl (C=O) groups is 5. The lowest BCUT2D eigenvalue weighted by Gasteiger charge is -2.60. The topological polar surface area (TPSA) is 196 Å². The Morgan fingerprint density at radius 3 is 1.49 bits per heavy atom. The molecule has 6 fully saturated rings. The van der Waals surface area contributed by atoms with E-state index in [-0.39, 0.29) is 57.9 Å². The van der Waals surface area contributed by atoms with E-state index in [0.29, 0.717) is 38.5 Å². The number of rotatable bonds is 5. The zero-order valence-electron chi connectivity index (χ0n) is 33.3. The molecule has 0 aliphatic heterocycles. The van der Waals surface area contributed by atoms with Gasteiger partial charge < -0.3 is 30.3 Å². The van der Waals surface area contributed by atoms with Crippen molar-refractivity contribution in [2.24, 2.45) is 57.2 Å². The maximum Gasteiger partial charge on any atom is 0.303 e. The van der Waals surface area contributed by atoms with Crippen LogP contribution in [-0.4, -0.2) is 91.3 Å². The van der Waals surface area contributed by atoms with Crippen LogP contribution in [0.3, 0.4) is 0 Å². The number of Topliss-reactive ketones (excluding diaryl/α,β-unsaturated/α-hetero) is 2. The molecule has 0 spiro atoms. The fraction of sp³-hybridized carbons (Fsp3) is 0.795. The average Bonchev–Trinajstić information content (AvgIpc) is 3.56. The number of fused-ring (bicyclic) bond motifs is 10. The summed E-state index contributed by atoms with van der Waals surface area (Å²) in [6.07, 6.45) is 11.3. The third kappa shape index (κ3) is 5.86. The summed E-state index contributed by atoms with van der Waals surface area (Å²) in [4.78, 5) is 60.2. The van der Waals surface area contributed by atoms with Gasteiger partial charge in [0.15, 0.2) is 24.0 Å². The quantitative estimate of drug-likeness (QED) is 0.253. The van der Waals surface area contributed by atoms with E-state index in [1.165, 1.54) is 12.5 Å². The fourth-order valence-corrected chi connectivity index (χ4v) is 14.7. The number of aliphatic hydroxyl groups excluding tert-OH is 3. The van der Waals surface area contributed by atoms with Crippen LogP contribution in [0.15, 0.2) is 23.3 Å². The van der Waals surface area contributed by atoms with Crippen molar-refractivity contribution < 1.29 is 54.2 Å². The Kier molecular flexibility index (Phi) is 10.2. The minimum atomic E-state index is -1.58. The van der Waals surface area contributed by atoms with Crippen molar-refractivity contribution in [1.29, 1.82) is 0 Å².